The molecule has 4 nitrogen and oxygen atoms in total. The van der Waals surface area contributed by atoms with Crippen LogP contribution in [0.2, 0.25) is 0 Å². The zero-order valence-corrected chi connectivity index (χ0v) is 11.3. The summed E-state index contributed by atoms with van der Waals surface area (Å²) in [5, 5.41) is 9.32. The number of alkyl halides is 1. The van der Waals surface area contributed by atoms with E-state index in [9.17, 15) is 9.50 Å². The number of nitrogens with zero attached hydrogens (tertiary/aromatic N) is 1. The highest BCUT2D eigenvalue weighted by Gasteiger charge is 2.30. The van der Waals surface area contributed by atoms with E-state index in [-0.39, 0.29) is 6.54 Å². The summed E-state index contributed by atoms with van der Waals surface area (Å²) in [6.07, 6.45) is -2.01. The van der Waals surface area contributed by atoms with E-state index in [0.717, 1.165) is 5.56 Å². The molecule has 5 heteroatoms. The average molecular weight is 269 g/mol. The molecule has 1 fully saturated rings. The maximum Gasteiger partial charge on any atom is 0.161 e. The third-order valence-electron chi connectivity index (χ3n) is 3.28. The van der Waals surface area contributed by atoms with Crippen molar-refractivity contribution in [3.63, 3.8) is 0 Å². The number of aliphatic hydroxyl groups excluding tert-OH is 1. The van der Waals surface area contributed by atoms with E-state index in [1.165, 1.54) is 0 Å². The van der Waals surface area contributed by atoms with Crippen molar-refractivity contribution in [2.24, 2.45) is 0 Å². The van der Waals surface area contributed by atoms with Crippen LogP contribution in [0.25, 0.3) is 0 Å². The van der Waals surface area contributed by atoms with Crippen LogP contribution in [0.5, 0.6) is 11.5 Å². The number of aliphatic hydroxyl groups is 1. The van der Waals surface area contributed by atoms with Gasteiger partial charge in [0.15, 0.2) is 11.5 Å². The number of hydrogen-bond donors (Lipinski definition) is 1. The van der Waals surface area contributed by atoms with E-state index < -0.39 is 12.3 Å². The molecule has 0 saturated carbocycles. The fourth-order valence-electron chi connectivity index (χ4n) is 2.18. The van der Waals surface area contributed by atoms with E-state index >= 15 is 0 Å². The molecular weight excluding hydrogens is 249 g/mol. The van der Waals surface area contributed by atoms with Gasteiger partial charge < -0.3 is 14.6 Å². The van der Waals surface area contributed by atoms with Crippen LogP contribution < -0.4 is 9.47 Å². The Morgan fingerprint density at radius 1 is 1.37 bits per heavy atom. The first kappa shape index (κ1) is 14.1. The van der Waals surface area contributed by atoms with Gasteiger partial charge in [0.05, 0.1) is 13.2 Å². The molecule has 0 radical (unpaired) electrons. The largest absolute Gasteiger partial charge is 0.493 e. The second-order valence-corrected chi connectivity index (χ2v) is 4.85. The minimum absolute atomic E-state index is 0.273. The summed E-state index contributed by atoms with van der Waals surface area (Å²) in [5.41, 5.74) is 1.10. The maximum absolute atomic E-state index is 13.1. The van der Waals surface area contributed by atoms with Crippen molar-refractivity contribution in [3.8, 4) is 11.5 Å². The number of likely N-dealkylation sites (tertiary alicyclic amines) is 1. The Bertz CT molecular complexity index is 417. The molecule has 106 valence electrons. The lowest BCUT2D eigenvalue weighted by atomic mass is 10.2. The molecule has 1 aliphatic rings. The predicted octanol–water partition coefficient (Wildman–Crippen LogP) is 1.40. The molecule has 2 atom stereocenters. The van der Waals surface area contributed by atoms with Gasteiger partial charge in [-0.15, -0.1) is 0 Å². The summed E-state index contributed by atoms with van der Waals surface area (Å²) < 4.78 is 24.0. The summed E-state index contributed by atoms with van der Waals surface area (Å²) in [4.78, 5) is 1.86. The maximum atomic E-state index is 13.1. The highest BCUT2D eigenvalue weighted by molar-refractivity contribution is 5.42. The van der Waals surface area contributed by atoms with Gasteiger partial charge in [-0.05, 0) is 24.6 Å². The van der Waals surface area contributed by atoms with Gasteiger partial charge in [-0.3, -0.25) is 4.90 Å². The first-order valence-corrected chi connectivity index (χ1v) is 6.42. The summed E-state index contributed by atoms with van der Waals surface area (Å²) in [7, 11) is 1.60. The third-order valence-corrected chi connectivity index (χ3v) is 3.28. The second-order valence-electron chi connectivity index (χ2n) is 4.85. The Morgan fingerprint density at radius 2 is 2.16 bits per heavy atom. The molecule has 0 bridgehead atoms. The molecule has 1 saturated heterocycles. The lowest BCUT2D eigenvalue weighted by Gasteiger charge is -2.16. The molecule has 0 aromatic heterocycles. The van der Waals surface area contributed by atoms with Crippen molar-refractivity contribution >= 4 is 0 Å². The number of rotatable bonds is 5. The first-order valence-electron chi connectivity index (χ1n) is 6.42. The standard InChI is InChI=1S/C14H20FNO3/c1-10-3-4-13(14(7-10)18-2)19-6-5-16-8-11(15)12(17)9-16/h3-4,7,11-12,17H,5-6,8-9H2,1-2H3/t11-,12-/m1/s1. The Labute approximate surface area is 112 Å². The van der Waals surface area contributed by atoms with Crippen LogP contribution in [0, 0.1) is 6.92 Å². The average Bonchev–Trinajstić information content (AvgIpc) is 2.70. The minimum atomic E-state index is -1.14. The number of β-amino-alcohol motifs (C(OH)–C–C–N with tert-alkyl or cyclic N) is 1. The molecule has 1 heterocycles. The van der Waals surface area contributed by atoms with Crippen LogP contribution in [0.1, 0.15) is 5.56 Å². The highest BCUT2D eigenvalue weighted by atomic mass is 19.1. The molecule has 0 aliphatic carbocycles. The van der Waals surface area contributed by atoms with Crippen molar-refractivity contribution in [2.75, 3.05) is 33.4 Å². The predicted molar refractivity (Wildman–Crippen MR) is 70.6 cm³/mol. The quantitative estimate of drug-likeness (QED) is 0.877. The molecule has 0 unspecified atom stereocenters. The summed E-state index contributed by atoms with van der Waals surface area (Å²) >= 11 is 0. The van der Waals surface area contributed by atoms with E-state index in [1.807, 2.05) is 30.0 Å². The SMILES string of the molecule is COc1cc(C)ccc1OCCN1C[C@@H](O)[C@H](F)C1. The van der Waals surface area contributed by atoms with Gasteiger partial charge in [0, 0.05) is 19.6 Å². The topological polar surface area (TPSA) is 41.9 Å². The first-order chi connectivity index (χ1) is 9.10. The zero-order chi connectivity index (χ0) is 13.8. The van der Waals surface area contributed by atoms with Crippen LogP contribution in [0.4, 0.5) is 4.39 Å². The van der Waals surface area contributed by atoms with Crippen LogP contribution in [-0.4, -0.2) is 55.6 Å². The van der Waals surface area contributed by atoms with Crippen LogP contribution in [0.3, 0.4) is 0 Å². The molecule has 1 aromatic carbocycles. The normalized spacial score (nSPS) is 23.6. The summed E-state index contributed by atoms with van der Waals surface area (Å²) in [6.45, 7) is 3.66. The van der Waals surface area contributed by atoms with E-state index in [4.69, 9.17) is 9.47 Å². The lowest BCUT2D eigenvalue weighted by Crippen LogP contribution is -2.27. The van der Waals surface area contributed by atoms with E-state index in [1.54, 1.807) is 7.11 Å². The van der Waals surface area contributed by atoms with Crippen molar-refractivity contribution in [1.82, 2.24) is 4.90 Å². The minimum Gasteiger partial charge on any atom is -0.493 e. The highest BCUT2D eigenvalue weighted by Crippen LogP contribution is 2.27. The monoisotopic (exact) mass is 269 g/mol. The van der Waals surface area contributed by atoms with Gasteiger partial charge >= 0.3 is 0 Å². The van der Waals surface area contributed by atoms with E-state index in [2.05, 4.69) is 0 Å². The molecule has 0 amide bonds. The molecule has 0 spiro atoms. The summed E-state index contributed by atoms with van der Waals surface area (Å²) in [5.74, 6) is 1.38. The van der Waals surface area contributed by atoms with Gasteiger partial charge in [-0.2, -0.15) is 0 Å². The fourth-order valence-corrected chi connectivity index (χ4v) is 2.18. The Morgan fingerprint density at radius 3 is 2.79 bits per heavy atom. The number of halogens is 1. The number of hydrogen-bond acceptors (Lipinski definition) is 4. The van der Waals surface area contributed by atoms with Crippen molar-refractivity contribution in [2.45, 2.75) is 19.2 Å². The van der Waals surface area contributed by atoms with Crippen LogP contribution >= 0.6 is 0 Å². The molecule has 19 heavy (non-hydrogen) atoms. The van der Waals surface area contributed by atoms with Gasteiger partial charge in [0.25, 0.3) is 0 Å². The van der Waals surface area contributed by atoms with Crippen LogP contribution in [-0.2, 0) is 0 Å². The number of ether oxygens (including phenoxy) is 2. The smallest absolute Gasteiger partial charge is 0.161 e. The molecule has 1 aromatic rings. The molecule has 2 rings (SSSR count). The Hall–Kier alpha value is -1.33. The number of benzene rings is 1. The molecule has 1 N–H and O–H groups in total. The Balaban J connectivity index is 1.83. The van der Waals surface area contributed by atoms with Gasteiger partial charge in [-0.1, -0.05) is 6.07 Å². The zero-order valence-electron chi connectivity index (χ0n) is 11.3. The Kier molecular flexibility index (Phi) is 4.61. The van der Waals surface area contributed by atoms with Gasteiger partial charge in [0.2, 0.25) is 0 Å². The molecule has 1 aliphatic heterocycles. The summed E-state index contributed by atoms with van der Waals surface area (Å²) in [6, 6.07) is 5.73. The second kappa shape index (κ2) is 6.21. The van der Waals surface area contributed by atoms with Crippen molar-refractivity contribution in [3.05, 3.63) is 23.8 Å². The van der Waals surface area contributed by atoms with Gasteiger partial charge in [0.1, 0.15) is 12.8 Å². The van der Waals surface area contributed by atoms with Crippen molar-refractivity contribution < 1.29 is 19.0 Å². The van der Waals surface area contributed by atoms with Crippen LogP contribution in [0.15, 0.2) is 18.2 Å². The number of aryl methyl sites for hydroxylation is 1. The number of methoxy groups -OCH3 is 1. The van der Waals surface area contributed by atoms with Gasteiger partial charge in [-0.25, -0.2) is 4.39 Å². The van der Waals surface area contributed by atoms with Crippen molar-refractivity contribution in [1.29, 1.82) is 0 Å². The third kappa shape index (κ3) is 3.58. The van der Waals surface area contributed by atoms with E-state index in [0.29, 0.717) is 31.2 Å². The lowest BCUT2D eigenvalue weighted by molar-refractivity contribution is 0.115. The molecular formula is C14H20FNO3. The fraction of sp³-hybridized carbons (Fsp3) is 0.571.